The number of aliphatic hydroxyl groups excluding tert-OH is 1. The summed E-state index contributed by atoms with van der Waals surface area (Å²) in [6.07, 6.45) is 2.74. The monoisotopic (exact) mass is 249 g/mol. The Balaban J connectivity index is 2.97. The molecule has 1 rings (SSSR count). The molecule has 0 aromatic heterocycles. The van der Waals surface area contributed by atoms with Crippen molar-refractivity contribution in [2.75, 3.05) is 6.79 Å². The molecule has 0 fully saturated rings. The molecule has 1 amide bonds. The van der Waals surface area contributed by atoms with Crippen molar-refractivity contribution in [3.63, 3.8) is 0 Å². The van der Waals surface area contributed by atoms with Crippen molar-refractivity contribution in [1.29, 1.82) is 0 Å². The van der Waals surface area contributed by atoms with E-state index in [0.717, 1.165) is 5.56 Å². The summed E-state index contributed by atoms with van der Waals surface area (Å²) in [5, 5.41) is 8.80. The number of nitrogens with two attached hydrogens (primary N) is 2. The molecule has 5 N–H and O–H groups in total. The number of hydrogen-bond acceptors (Lipinski definition) is 3. The minimum Gasteiger partial charge on any atom is -0.467 e. The van der Waals surface area contributed by atoms with Crippen molar-refractivity contribution >= 4 is 17.9 Å². The van der Waals surface area contributed by atoms with Gasteiger partial charge in [0.05, 0.1) is 0 Å². The zero-order valence-electron chi connectivity index (χ0n) is 9.96. The van der Waals surface area contributed by atoms with Crippen molar-refractivity contribution < 1.29 is 14.6 Å². The third-order valence-corrected chi connectivity index (χ3v) is 2.10. The average Bonchev–Trinajstić information content (AvgIpc) is 2.29. The molecule has 0 atom stereocenters. The van der Waals surface area contributed by atoms with E-state index >= 15 is 0 Å². The number of ether oxygens (including phenoxy) is 1. The molecule has 1 aromatic carbocycles. The van der Waals surface area contributed by atoms with Crippen molar-refractivity contribution in [1.82, 2.24) is 0 Å². The first-order chi connectivity index (χ1) is 8.54. The zero-order chi connectivity index (χ0) is 13.5. The summed E-state index contributed by atoms with van der Waals surface area (Å²) in [7, 11) is 0. The van der Waals surface area contributed by atoms with Gasteiger partial charge < -0.3 is 21.3 Å². The fourth-order valence-electron chi connectivity index (χ4n) is 1.39. The first-order valence-electron chi connectivity index (χ1n) is 5.19. The SMILES string of the molecule is Cc1cccc(/C=C/C(=O)N=C(N)N)c1OCO. The molecule has 96 valence electrons. The van der Waals surface area contributed by atoms with E-state index in [2.05, 4.69) is 4.99 Å². The summed E-state index contributed by atoms with van der Waals surface area (Å²) in [6, 6.07) is 5.39. The van der Waals surface area contributed by atoms with Gasteiger partial charge in [-0.15, -0.1) is 0 Å². The second-order valence-electron chi connectivity index (χ2n) is 3.47. The Kier molecular flexibility index (Phi) is 4.89. The quantitative estimate of drug-likeness (QED) is 0.304. The third-order valence-electron chi connectivity index (χ3n) is 2.10. The van der Waals surface area contributed by atoms with Crippen LogP contribution in [0.5, 0.6) is 5.75 Å². The van der Waals surface area contributed by atoms with Gasteiger partial charge >= 0.3 is 0 Å². The molecule has 0 saturated carbocycles. The fraction of sp³-hybridized carbons (Fsp3) is 0.167. The molecular formula is C12H15N3O3. The summed E-state index contributed by atoms with van der Waals surface area (Å²) in [5.74, 6) is -0.346. The lowest BCUT2D eigenvalue weighted by Crippen LogP contribution is -2.23. The first-order valence-corrected chi connectivity index (χ1v) is 5.19. The predicted molar refractivity (Wildman–Crippen MR) is 68.7 cm³/mol. The van der Waals surface area contributed by atoms with Gasteiger partial charge in [-0.2, -0.15) is 4.99 Å². The molecule has 6 heteroatoms. The highest BCUT2D eigenvalue weighted by Crippen LogP contribution is 2.24. The molecule has 0 aliphatic carbocycles. The molecule has 0 unspecified atom stereocenters. The lowest BCUT2D eigenvalue weighted by atomic mass is 10.1. The minimum absolute atomic E-state index is 0.291. The van der Waals surface area contributed by atoms with Crippen LogP contribution in [0, 0.1) is 6.92 Å². The molecule has 1 aromatic rings. The number of guanidine groups is 1. The Labute approximate surface area is 105 Å². The van der Waals surface area contributed by atoms with Gasteiger partial charge in [-0.05, 0) is 18.6 Å². The lowest BCUT2D eigenvalue weighted by Gasteiger charge is -2.09. The standard InChI is InChI=1S/C12H15N3O3/c1-8-3-2-4-9(11(8)18-7-16)5-6-10(17)15-12(13)14/h2-6,16H,7H2,1H3,(H4,13,14,15,17)/b6-5+. The summed E-state index contributed by atoms with van der Waals surface area (Å²) < 4.78 is 5.09. The van der Waals surface area contributed by atoms with Gasteiger partial charge in [0.15, 0.2) is 12.8 Å². The largest absolute Gasteiger partial charge is 0.467 e. The number of nitrogens with zero attached hydrogens (tertiary/aromatic N) is 1. The molecule has 0 aliphatic heterocycles. The van der Waals surface area contributed by atoms with Crippen LogP contribution in [0.3, 0.4) is 0 Å². The van der Waals surface area contributed by atoms with Gasteiger partial charge in [0.2, 0.25) is 0 Å². The van der Waals surface area contributed by atoms with E-state index in [4.69, 9.17) is 21.3 Å². The van der Waals surface area contributed by atoms with Gasteiger partial charge in [0.1, 0.15) is 5.75 Å². The Morgan fingerprint density at radius 3 is 2.83 bits per heavy atom. The van der Waals surface area contributed by atoms with Gasteiger partial charge in [0, 0.05) is 11.6 Å². The van der Waals surface area contributed by atoms with Crippen LogP contribution < -0.4 is 16.2 Å². The van der Waals surface area contributed by atoms with E-state index in [9.17, 15) is 4.79 Å². The van der Waals surface area contributed by atoms with Gasteiger partial charge in [-0.25, -0.2) is 0 Å². The van der Waals surface area contributed by atoms with Crippen molar-refractivity contribution in [3.05, 3.63) is 35.4 Å². The molecule has 0 radical (unpaired) electrons. The van der Waals surface area contributed by atoms with Crippen LogP contribution in [0.4, 0.5) is 0 Å². The Morgan fingerprint density at radius 2 is 2.22 bits per heavy atom. The van der Waals surface area contributed by atoms with Gasteiger partial charge in [-0.3, -0.25) is 4.79 Å². The van der Waals surface area contributed by atoms with Gasteiger partial charge in [0.25, 0.3) is 5.91 Å². The number of para-hydroxylation sites is 1. The van der Waals surface area contributed by atoms with E-state index < -0.39 is 12.7 Å². The second-order valence-corrected chi connectivity index (χ2v) is 3.47. The molecule has 0 spiro atoms. The minimum atomic E-state index is -0.563. The number of benzene rings is 1. The topological polar surface area (TPSA) is 111 Å². The maximum Gasteiger partial charge on any atom is 0.272 e. The Morgan fingerprint density at radius 1 is 1.50 bits per heavy atom. The van der Waals surface area contributed by atoms with Crippen LogP contribution in [0.25, 0.3) is 6.08 Å². The smallest absolute Gasteiger partial charge is 0.272 e. The highest BCUT2D eigenvalue weighted by atomic mass is 16.6. The van der Waals surface area contributed by atoms with E-state index in [1.165, 1.54) is 12.2 Å². The molecule has 0 heterocycles. The van der Waals surface area contributed by atoms with Crippen LogP contribution >= 0.6 is 0 Å². The van der Waals surface area contributed by atoms with Crippen LogP contribution in [-0.4, -0.2) is 23.8 Å². The maximum absolute atomic E-state index is 11.3. The summed E-state index contributed by atoms with van der Waals surface area (Å²) in [6.45, 7) is 1.40. The Bertz CT molecular complexity index is 491. The van der Waals surface area contributed by atoms with Crippen LogP contribution in [0.15, 0.2) is 29.3 Å². The van der Waals surface area contributed by atoms with E-state index in [-0.39, 0.29) is 5.96 Å². The highest BCUT2D eigenvalue weighted by molar-refractivity contribution is 6.00. The van der Waals surface area contributed by atoms with Crippen LogP contribution in [0.2, 0.25) is 0 Å². The molecule has 18 heavy (non-hydrogen) atoms. The van der Waals surface area contributed by atoms with E-state index in [1.54, 1.807) is 6.07 Å². The first kappa shape index (κ1) is 13.7. The number of carbonyl (C=O) groups excluding carboxylic acids is 1. The second kappa shape index (κ2) is 6.41. The van der Waals surface area contributed by atoms with Gasteiger partial charge in [-0.1, -0.05) is 18.2 Å². The number of aliphatic imine (C=N–C) groups is 1. The summed E-state index contributed by atoms with van der Waals surface area (Å²) in [5.41, 5.74) is 11.7. The number of amides is 1. The highest BCUT2D eigenvalue weighted by Gasteiger charge is 2.04. The third kappa shape index (κ3) is 3.91. The van der Waals surface area contributed by atoms with Crippen molar-refractivity contribution in [2.45, 2.75) is 6.92 Å². The van der Waals surface area contributed by atoms with Crippen molar-refractivity contribution in [3.8, 4) is 5.75 Å². The number of carbonyl (C=O) groups is 1. The number of hydrogen-bond donors (Lipinski definition) is 3. The van der Waals surface area contributed by atoms with E-state index in [0.29, 0.717) is 11.3 Å². The summed E-state index contributed by atoms with van der Waals surface area (Å²) >= 11 is 0. The molecule has 0 saturated heterocycles. The predicted octanol–water partition coefficient (Wildman–Crippen LogP) is 0.137. The van der Waals surface area contributed by atoms with Crippen LogP contribution in [0.1, 0.15) is 11.1 Å². The normalized spacial score (nSPS) is 10.3. The zero-order valence-corrected chi connectivity index (χ0v) is 9.96. The number of aliphatic hydroxyl groups is 1. The lowest BCUT2D eigenvalue weighted by molar-refractivity contribution is -0.113. The molecule has 6 nitrogen and oxygen atoms in total. The fourth-order valence-corrected chi connectivity index (χ4v) is 1.39. The number of aryl methyl sites for hydroxylation is 1. The van der Waals surface area contributed by atoms with E-state index in [1.807, 2.05) is 19.1 Å². The Hall–Kier alpha value is -2.34. The molecular weight excluding hydrogens is 234 g/mol. The van der Waals surface area contributed by atoms with Crippen molar-refractivity contribution in [2.24, 2.45) is 16.5 Å². The molecule has 0 aliphatic rings. The maximum atomic E-state index is 11.3. The summed E-state index contributed by atoms with van der Waals surface area (Å²) in [4.78, 5) is 14.6. The average molecular weight is 249 g/mol. The number of rotatable bonds is 4. The van der Waals surface area contributed by atoms with Crippen LogP contribution in [-0.2, 0) is 4.79 Å². The molecule has 0 bridgehead atoms.